The van der Waals surface area contributed by atoms with Crippen LogP contribution < -0.4 is 5.32 Å². The highest BCUT2D eigenvalue weighted by Crippen LogP contribution is 2.21. The van der Waals surface area contributed by atoms with Crippen molar-refractivity contribution in [2.24, 2.45) is 0 Å². The van der Waals surface area contributed by atoms with E-state index in [4.69, 9.17) is 4.52 Å². The van der Waals surface area contributed by atoms with Crippen LogP contribution in [0.3, 0.4) is 0 Å². The molecule has 1 fully saturated rings. The summed E-state index contributed by atoms with van der Waals surface area (Å²) in [5.41, 5.74) is 0. The standard InChI is InChI=1S/C10H17N3O/c1-2-3-6-9-12-10(14-13-9)8-5-4-7-11-8/h8,11H,2-7H2,1H3/t8-/m1/s1. The lowest BCUT2D eigenvalue weighted by atomic mass is 10.2. The van der Waals surface area contributed by atoms with E-state index in [2.05, 4.69) is 22.4 Å². The molecule has 1 aromatic heterocycles. The summed E-state index contributed by atoms with van der Waals surface area (Å²) in [4.78, 5) is 4.39. The lowest BCUT2D eigenvalue weighted by molar-refractivity contribution is 0.341. The van der Waals surface area contributed by atoms with Gasteiger partial charge in [0.15, 0.2) is 5.82 Å². The first-order valence-corrected chi connectivity index (χ1v) is 5.46. The normalized spacial score (nSPS) is 21.6. The third kappa shape index (κ3) is 2.12. The Kier molecular flexibility index (Phi) is 3.14. The monoisotopic (exact) mass is 195 g/mol. The van der Waals surface area contributed by atoms with E-state index in [1.807, 2.05) is 0 Å². The van der Waals surface area contributed by atoms with Crippen molar-refractivity contribution in [3.8, 4) is 0 Å². The van der Waals surface area contributed by atoms with Gasteiger partial charge in [-0.3, -0.25) is 0 Å². The lowest BCUT2D eigenvalue weighted by Gasteiger charge is -2.01. The summed E-state index contributed by atoms with van der Waals surface area (Å²) in [6.07, 6.45) is 5.57. The molecule has 4 nitrogen and oxygen atoms in total. The Hall–Kier alpha value is -0.900. The maximum absolute atomic E-state index is 5.22. The van der Waals surface area contributed by atoms with Crippen LogP contribution in [0.5, 0.6) is 0 Å². The molecule has 1 aromatic rings. The topological polar surface area (TPSA) is 51.0 Å². The molecule has 0 bridgehead atoms. The summed E-state index contributed by atoms with van der Waals surface area (Å²) >= 11 is 0. The van der Waals surface area contributed by atoms with Gasteiger partial charge in [0.05, 0.1) is 6.04 Å². The van der Waals surface area contributed by atoms with Gasteiger partial charge in [0.25, 0.3) is 0 Å². The van der Waals surface area contributed by atoms with Crippen LogP contribution in [0.4, 0.5) is 0 Å². The van der Waals surface area contributed by atoms with Crippen LogP contribution in [-0.4, -0.2) is 16.7 Å². The minimum atomic E-state index is 0.304. The number of nitrogens with zero attached hydrogens (tertiary/aromatic N) is 2. The molecule has 2 heterocycles. The Morgan fingerprint density at radius 1 is 1.57 bits per heavy atom. The molecule has 2 rings (SSSR count). The average Bonchev–Trinajstić information content (AvgIpc) is 2.85. The molecular formula is C10H17N3O. The quantitative estimate of drug-likeness (QED) is 0.796. The molecule has 1 N–H and O–H groups in total. The third-order valence-electron chi connectivity index (χ3n) is 2.60. The van der Waals surface area contributed by atoms with E-state index in [0.29, 0.717) is 6.04 Å². The van der Waals surface area contributed by atoms with E-state index < -0.39 is 0 Å². The first kappa shape index (κ1) is 9.65. The minimum absolute atomic E-state index is 0.304. The van der Waals surface area contributed by atoms with Gasteiger partial charge in [-0.25, -0.2) is 0 Å². The highest BCUT2D eigenvalue weighted by molar-refractivity contribution is 4.95. The van der Waals surface area contributed by atoms with Crippen LogP contribution >= 0.6 is 0 Å². The van der Waals surface area contributed by atoms with Crippen molar-refractivity contribution in [2.45, 2.75) is 45.1 Å². The fourth-order valence-corrected chi connectivity index (χ4v) is 1.74. The van der Waals surface area contributed by atoms with Gasteiger partial charge in [0, 0.05) is 6.42 Å². The molecule has 1 atom stereocenters. The van der Waals surface area contributed by atoms with E-state index in [-0.39, 0.29) is 0 Å². The average molecular weight is 195 g/mol. The Morgan fingerprint density at radius 2 is 2.50 bits per heavy atom. The molecule has 1 saturated heterocycles. The molecule has 0 aliphatic carbocycles. The van der Waals surface area contributed by atoms with Gasteiger partial charge in [0.2, 0.25) is 5.89 Å². The molecule has 4 heteroatoms. The van der Waals surface area contributed by atoms with E-state index in [9.17, 15) is 0 Å². The SMILES string of the molecule is CCCCc1noc([C@H]2CCCN2)n1. The van der Waals surface area contributed by atoms with E-state index >= 15 is 0 Å². The molecular weight excluding hydrogens is 178 g/mol. The molecule has 0 saturated carbocycles. The van der Waals surface area contributed by atoms with Gasteiger partial charge < -0.3 is 9.84 Å². The summed E-state index contributed by atoms with van der Waals surface area (Å²) in [6, 6.07) is 0.304. The van der Waals surface area contributed by atoms with Gasteiger partial charge in [-0.2, -0.15) is 4.98 Å². The van der Waals surface area contributed by atoms with Crippen molar-refractivity contribution in [3.05, 3.63) is 11.7 Å². The van der Waals surface area contributed by atoms with Crippen LogP contribution in [0.1, 0.15) is 50.4 Å². The molecule has 0 amide bonds. The fraction of sp³-hybridized carbons (Fsp3) is 0.800. The van der Waals surface area contributed by atoms with Gasteiger partial charge in [-0.05, 0) is 25.8 Å². The Labute approximate surface area is 84.1 Å². The maximum atomic E-state index is 5.22. The largest absolute Gasteiger partial charge is 0.338 e. The van der Waals surface area contributed by atoms with Gasteiger partial charge in [-0.15, -0.1) is 0 Å². The molecule has 0 radical (unpaired) electrons. The Morgan fingerprint density at radius 3 is 3.21 bits per heavy atom. The summed E-state index contributed by atoms with van der Waals surface area (Å²) in [5, 5.41) is 7.32. The van der Waals surface area contributed by atoms with Crippen molar-refractivity contribution >= 4 is 0 Å². The van der Waals surface area contributed by atoms with Crippen LogP contribution in [0.15, 0.2) is 4.52 Å². The second kappa shape index (κ2) is 4.55. The molecule has 0 aromatic carbocycles. The molecule has 78 valence electrons. The number of nitrogens with one attached hydrogen (secondary N) is 1. The van der Waals surface area contributed by atoms with Crippen LogP contribution in [0.25, 0.3) is 0 Å². The lowest BCUT2D eigenvalue weighted by Crippen LogP contribution is -2.13. The first-order valence-electron chi connectivity index (χ1n) is 5.46. The molecule has 0 spiro atoms. The zero-order chi connectivity index (χ0) is 9.80. The van der Waals surface area contributed by atoms with E-state index in [1.165, 1.54) is 12.8 Å². The molecule has 0 unspecified atom stereocenters. The van der Waals surface area contributed by atoms with Crippen molar-refractivity contribution in [1.82, 2.24) is 15.5 Å². The van der Waals surface area contributed by atoms with Crippen molar-refractivity contribution in [2.75, 3.05) is 6.54 Å². The van der Waals surface area contributed by atoms with Crippen LogP contribution in [0.2, 0.25) is 0 Å². The van der Waals surface area contributed by atoms with Crippen LogP contribution in [-0.2, 0) is 6.42 Å². The highest BCUT2D eigenvalue weighted by Gasteiger charge is 2.21. The van der Waals surface area contributed by atoms with Crippen molar-refractivity contribution in [3.63, 3.8) is 0 Å². The smallest absolute Gasteiger partial charge is 0.243 e. The minimum Gasteiger partial charge on any atom is -0.338 e. The summed E-state index contributed by atoms with van der Waals surface area (Å²) in [6.45, 7) is 3.23. The molecule has 1 aliphatic rings. The predicted molar refractivity (Wildman–Crippen MR) is 52.9 cm³/mol. The molecule has 1 aliphatic heterocycles. The molecule has 14 heavy (non-hydrogen) atoms. The summed E-state index contributed by atoms with van der Waals surface area (Å²) in [7, 11) is 0. The second-order valence-corrected chi connectivity index (χ2v) is 3.80. The van der Waals surface area contributed by atoms with Crippen molar-refractivity contribution < 1.29 is 4.52 Å². The third-order valence-corrected chi connectivity index (χ3v) is 2.60. The Balaban J connectivity index is 1.94. The summed E-state index contributed by atoms with van der Waals surface area (Å²) in [5.74, 6) is 1.63. The number of aryl methyl sites for hydroxylation is 1. The number of unbranched alkanes of at least 4 members (excludes halogenated alkanes) is 1. The van der Waals surface area contributed by atoms with Crippen molar-refractivity contribution in [1.29, 1.82) is 0 Å². The number of hydrogen-bond donors (Lipinski definition) is 1. The fourth-order valence-electron chi connectivity index (χ4n) is 1.74. The van der Waals surface area contributed by atoms with E-state index in [0.717, 1.165) is 37.5 Å². The van der Waals surface area contributed by atoms with E-state index in [1.54, 1.807) is 0 Å². The Bertz CT molecular complexity index is 279. The maximum Gasteiger partial charge on any atom is 0.243 e. The predicted octanol–water partition coefficient (Wildman–Crippen LogP) is 1.84. The summed E-state index contributed by atoms with van der Waals surface area (Å²) < 4.78 is 5.22. The first-order chi connectivity index (χ1) is 6.90. The van der Waals surface area contributed by atoms with Gasteiger partial charge in [-0.1, -0.05) is 18.5 Å². The second-order valence-electron chi connectivity index (χ2n) is 3.80. The number of rotatable bonds is 4. The van der Waals surface area contributed by atoms with Gasteiger partial charge in [0.1, 0.15) is 0 Å². The zero-order valence-electron chi connectivity index (χ0n) is 8.62. The van der Waals surface area contributed by atoms with Gasteiger partial charge >= 0.3 is 0 Å². The zero-order valence-corrected chi connectivity index (χ0v) is 8.62. The highest BCUT2D eigenvalue weighted by atomic mass is 16.5. The number of hydrogen-bond acceptors (Lipinski definition) is 4. The van der Waals surface area contributed by atoms with Crippen LogP contribution in [0, 0.1) is 0 Å². The number of aromatic nitrogens is 2.